The quantitative estimate of drug-likeness (QED) is 0.696. The molecule has 0 aliphatic heterocycles. The molecule has 0 saturated carbocycles. The lowest BCUT2D eigenvalue weighted by Crippen LogP contribution is -2.31. The summed E-state index contributed by atoms with van der Waals surface area (Å²) in [7, 11) is 0. The maximum absolute atomic E-state index is 12.6. The Morgan fingerprint density at radius 3 is 2.48 bits per heavy atom. The second kappa shape index (κ2) is 8.21. The number of aryl methyl sites for hydroxylation is 2. The normalized spacial score (nSPS) is 12.1. The summed E-state index contributed by atoms with van der Waals surface area (Å²) < 4.78 is 0. The van der Waals surface area contributed by atoms with Gasteiger partial charge in [-0.15, -0.1) is 0 Å². The monoisotopic (exact) mass is 362 g/mol. The minimum Gasteiger partial charge on any atom is -0.355 e. The van der Waals surface area contributed by atoms with Crippen LogP contribution in [0, 0.1) is 13.8 Å². The van der Waals surface area contributed by atoms with Crippen molar-refractivity contribution < 1.29 is 4.79 Å². The SMILES string of the molecule is CC[C@@H](C(=O)NCCc1cc2c(C)ccc(C)c2[nH]c1=O)c1ccccc1. The summed E-state index contributed by atoms with van der Waals surface area (Å²) in [5.41, 5.74) is 4.72. The van der Waals surface area contributed by atoms with Crippen LogP contribution in [0.5, 0.6) is 0 Å². The van der Waals surface area contributed by atoms with Crippen LogP contribution < -0.4 is 10.9 Å². The van der Waals surface area contributed by atoms with Crippen molar-refractivity contribution in [2.24, 2.45) is 0 Å². The highest BCUT2D eigenvalue weighted by atomic mass is 16.2. The van der Waals surface area contributed by atoms with Gasteiger partial charge in [-0.3, -0.25) is 9.59 Å². The summed E-state index contributed by atoms with van der Waals surface area (Å²) in [6.07, 6.45) is 1.25. The number of pyridine rings is 1. The second-order valence-corrected chi connectivity index (χ2v) is 7.02. The smallest absolute Gasteiger partial charge is 0.251 e. The van der Waals surface area contributed by atoms with Crippen molar-refractivity contribution in [1.29, 1.82) is 0 Å². The lowest BCUT2D eigenvalue weighted by atomic mass is 9.95. The number of benzene rings is 2. The number of aromatic nitrogens is 1. The van der Waals surface area contributed by atoms with Crippen molar-refractivity contribution in [3.05, 3.63) is 81.1 Å². The van der Waals surface area contributed by atoms with E-state index in [0.29, 0.717) is 18.5 Å². The molecular formula is C23H26N2O2. The summed E-state index contributed by atoms with van der Waals surface area (Å²) in [4.78, 5) is 28.0. The molecule has 2 aromatic carbocycles. The van der Waals surface area contributed by atoms with Crippen molar-refractivity contribution in [3.8, 4) is 0 Å². The minimum atomic E-state index is -0.161. The Morgan fingerprint density at radius 1 is 1.07 bits per heavy atom. The van der Waals surface area contributed by atoms with Crippen molar-refractivity contribution in [3.63, 3.8) is 0 Å². The molecule has 3 aromatic rings. The van der Waals surface area contributed by atoms with Crippen LogP contribution in [0.3, 0.4) is 0 Å². The number of hydrogen-bond donors (Lipinski definition) is 2. The van der Waals surface area contributed by atoms with Gasteiger partial charge in [-0.1, -0.05) is 49.4 Å². The fourth-order valence-electron chi connectivity index (χ4n) is 3.51. The number of fused-ring (bicyclic) bond motifs is 1. The fraction of sp³-hybridized carbons (Fsp3) is 0.304. The largest absolute Gasteiger partial charge is 0.355 e. The van der Waals surface area contributed by atoms with E-state index in [4.69, 9.17) is 0 Å². The lowest BCUT2D eigenvalue weighted by molar-refractivity contribution is -0.122. The van der Waals surface area contributed by atoms with E-state index in [0.717, 1.165) is 34.0 Å². The van der Waals surface area contributed by atoms with Gasteiger partial charge in [0.05, 0.1) is 11.4 Å². The Morgan fingerprint density at radius 2 is 1.78 bits per heavy atom. The number of nitrogens with one attached hydrogen (secondary N) is 2. The molecule has 0 aliphatic rings. The average molecular weight is 362 g/mol. The van der Waals surface area contributed by atoms with Gasteiger partial charge in [0.1, 0.15) is 0 Å². The van der Waals surface area contributed by atoms with E-state index in [1.807, 2.05) is 63.2 Å². The van der Waals surface area contributed by atoms with Gasteiger partial charge in [0, 0.05) is 17.5 Å². The van der Waals surface area contributed by atoms with Crippen LogP contribution in [0.15, 0.2) is 53.3 Å². The summed E-state index contributed by atoms with van der Waals surface area (Å²) in [5.74, 6) is -0.154. The zero-order valence-corrected chi connectivity index (χ0v) is 16.1. The second-order valence-electron chi connectivity index (χ2n) is 7.02. The maximum atomic E-state index is 12.6. The van der Waals surface area contributed by atoms with Gasteiger partial charge >= 0.3 is 0 Å². The van der Waals surface area contributed by atoms with Gasteiger partial charge in [0.25, 0.3) is 5.56 Å². The van der Waals surface area contributed by atoms with Crippen molar-refractivity contribution in [2.75, 3.05) is 6.54 Å². The van der Waals surface area contributed by atoms with Crippen molar-refractivity contribution in [2.45, 2.75) is 39.5 Å². The molecule has 0 bridgehead atoms. The Bertz CT molecular complexity index is 1010. The van der Waals surface area contributed by atoms with Crippen LogP contribution in [-0.4, -0.2) is 17.4 Å². The zero-order chi connectivity index (χ0) is 19.4. The number of carbonyl (C=O) groups excluding carboxylic acids is 1. The molecule has 0 saturated heterocycles. The van der Waals surface area contributed by atoms with E-state index in [9.17, 15) is 9.59 Å². The summed E-state index contributed by atoms with van der Waals surface area (Å²) in [6, 6.07) is 15.8. The first-order valence-electron chi connectivity index (χ1n) is 9.46. The predicted molar refractivity (Wildman–Crippen MR) is 110 cm³/mol. The fourth-order valence-corrected chi connectivity index (χ4v) is 3.51. The lowest BCUT2D eigenvalue weighted by Gasteiger charge is -2.15. The third kappa shape index (κ3) is 4.11. The van der Waals surface area contributed by atoms with Crippen LogP contribution in [-0.2, 0) is 11.2 Å². The highest BCUT2D eigenvalue weighted by molar-refractivity contribution is 5.85. The Hall–Kier alpha value is -2.88. The first-order chi connectivity index (χ1) is 13.0. The minimum absolute atomic E-state index is 0.00735. The first kappa shape index (κ1) is 18.9. The standard InChI is InChI=1S/C23H26N2O2/c1-4-19(17-8-6-5-7-9-17)23(27)24-13-12-18-14-20-15(2)10-11-16(3)21(20)25-22(18)26/h5-11,14,19H,4,12-13H2,1-3H3,(H,24,27)(H,25,26)/t19-/m1/s1. The van der Waals surface area contributed by atoms with Gasteiger partial charge in [0.15, 0.2) is 0 Å². The number of aromatic amines is 1. The highest BCUT2D eigenvalue weighted by Crippen LogP contribution is 2.20. The molecule has 1 atom stereocenters. The van der Waals surface area contributed by atoms with Crippen molar-refractivity contribution in [1.82, 2.24) is 10.3 Å². The molecule has 4 heteroatoms. The molecule has 4 nitrogen and oxygen atoms in total. The van der Waals surface area contributed by atoms with Gasteiger partial charge in [-0.25, -0.2) is 0 Å². The molecule has 0 unspecified atom stereocenters. The maximum Gasteiger partial charge on any atom is 0.251 e. The van der Waals surface area contributed by atoms with Crippen LogP contribution >= 0.6 is 0 Å². The third-order valence-electron chi connectivity index (χ3n) is 5.14. The summed E-state index contributed by atoms with van der Waals surface area (Å²) in [6.45, 7) is 6.49. The Balaban J connectivity index is 1.72. The van der Waals surface area contributed by atoms with Gasteiger partial charge in [-0.05, 0) is 49.4 Å². The van der Waals surface area contributed by atoms with Crippen molar-refractivity contribution >= 4 is 16.8 Å². The van der Waals surface area contributed by atoms with Crippen LogP contribution in [0.25, 0.3) is 10.9 Å². The molecule has 0 spiro atoms. The van der Waals surface area contributed by atoms with E-state index in [2.05, 4.69) is 16.4 Å². The van der Waals surface area contributed by atoms with E-state index in [1.165, 1.54) is 0 Å². The van der Waals surface area contributed by atoms with Gasteiger partial charge < -0.3 is 10.3 Å². The third-order valence-corrected chi connectivity index (χ3v) is 5.14. The van der Waals surface area contributed by atoms with E-state index >= 15 is 0 Å². The molecule has 1 amide bonds. The van der Waals surface area contributed by atoms with Gasteiger partial charge in [0.2, 0.25) is 5.91 Å². The van der Waals surface area contributed by atoms with Crippen LogP contribution in [0.2, 0.25) is 0 Å². The molecule has 0 fully saturated rings. The molecule has 3 rings (SSSR count). The van der Waals surface area contributed by atoms with Gasteiger partial charge in [-0.2, -0.15) is 0 Å². The summed E-state index contributed by atoms with van der Waals surface area (Å²) >= 11 is 0. The topological polar surface area (TPSA) is 62.0 Å². The molecule has 2 N–H and O–H groups in total. The highest BCUT2D eigenvalue weighted by Gasteiger charge is 2.18. The Kier molecular flexibility index (Phi) is 5.75. The number of hydrogen-bond acceptors (Lipinski definition) is 2. The van der Waals surface area contributed by atoms with E-state index < -0.39 is 0 Å². The summed E-state index contributed by atoms with van der Waals surface area (Å²) in [5, 5.41) is 4.05. The van der Waals surface area contributed by atoms with Crippen LogP contribution in [0.4, 0.5) is 0 Å². The molecular weight excluding hydrogens is 336 g/mol. The number of rotatable bonds is 6. The van der Waals surface area contributed by atoms with Crippen LogP contribution in [0.1, 0.15) is 41.5 Å². The predicted octanol–water partition coefficient (Wildman–Crippen LogP) is 4.00. The molecule has 1 heterocycles. The average Bonchev–Trinajstić information content (AvgIpc) is 2.67. The number of amides is 1. The molecule has 1 aromatic heterocycles. The van der Waals surface area contributed by atoms with E-state index in [1.54, 1.807) is 0 Å². The Labute approximate surface area is 159 Å². The zero-order valence-electron chi connectivity index (χ0n) is 16.1. The molecule has 0 aliphatic carbocycles. The first-order valence-corrected chi connectivity index (χ1v) is 9.46. The molecule has 27 heavy (non-hydrogen) atoms. The number of H-pyrrole nitrogens is 1. The molecule has 0 radical (unpaired) electrons. The molecule has 140 valence electrons. The number of carbonyl (C=O) groups is 1. The van der Waals surface area contributed by atoms with E-state index in [-0.39, 0.29) is 17.4 Å².